The van der Waals surface area contributed by atoms with Gasteiger partial charge in [0.2, 0.25) is 10.0 Å². The lowest BCUT2D eigenvalue weighted by Crippen LogP contribution is -2.33. The smallest absolute Gasteiger partial charge is 0.253 e. The molecular formula is C16H22ClN3O3S2. The fourth-order valence-corrected chi connectivity index (χ4v) is 3.85. The molecule has 6 nitrogen and oxygen atoms in total. The first kappa shape index (κ1) is 21.6. The Morgan fingerprint density at radius 1 is 1.24 bits per heavy atom. The van der Waals surface area contributed by atoms with Crippen LogP contribution < -0.4 is 10.0 Å². The van der Waals surface area contributed by atoms with Gasteiger partial charge in [-0.05, 0) is 36.7 Å². The van der Waals surface area contributed by atoms with Crippen LogP contribution in [0.4, 0.5) is 0 Å². The molecule has 0 unspecified atom stereocenters. The Labute approximate surface area is 158 Å². The summed E-state index contributed by atoms with van der Waals surface area (Å²) in [6.45, 7) is 1.45. The summed E-state index contributed by atoms with van der Waals surface area (Å²) in [5.41, 5.74) is 0.354. The molecule has 0 saturated heterocycles. The second kappa shape index (κ2) is 9.88. The molecule has 2 aromatic rings. The molecule has 25 heavy (non-hydrogen) atoms. The van der Waals surface area contributed by atoms with Crippen molar-refractivity contribution in [3.05, 3.63) is 52.2 Å². The molecule has 2 rings (SSSR count). The van der Waals surface area contributed by atoms with E-state index in [9.17, 15) is 13.2 Å². The average molecular weight is 404 g/mol. The highest BCUT2D eigenvalue weighted by Crippen LogP contribution is 2.15. The molecule has 0 radical (unpaired) electrons. The molecule has 1 aromatic carbocycles. The zero-order chi connectivity index (χ0) is 17.6. The normalized spacial score (nSPS) is 11.0. The second-order valence-electron chi connectivity index (χ2n) is 5.26. The first-order chi connectivity index (χ1) is 11.4. The van der Waals surface area contributed by atoms with E-state index >= 15 is 0 Å². The summed E-state index contributed by atoms with van der Waals surface area (Å²) < 4.78 is 27.4. The van der Waals surface area contributed by atoms with Gasteiger partial charge in [0.05, 0.1) is 4.90 Å². The van der Waals surface area contributed by atoms with E-state index in [2.05, 4.69) is 10.0 Å². The monoisotopic (exact) mass is 403 g/mol. The molecule has 1 heterocycles. The van der Waals surface area contributed by atoms with Crippen LogP contribution in [0.25, 0.3) is 0 Å². The van der Waals surface area contributed by atoms with Gasteiger partial charge < -0.3 is 10.2 Å². The van der Waals surface area contributed by atoms with E-state index < -0.39 is 10.0 Å². The van der Waals surface area contributed by atoms with Crippen LogP contribution in [0, 0.1) is 0 Å². The molecule has 1 aromatic heterocycles. The Kier molecular flexibility index (Phi) is 8.54. The highest BCUT2D eigenvalue weighted by molar-refractivity contribution is 7.89. The summed E-state index contributed by atoms with van der Waals surface area (Å²) in [7, 11) is -0.161. The highest BCUT2D eigenvalue weighted by Gasteiger charge is 2.18. The Hall–Kier alpha value is -1.45. The van der Waals surface area contributed by atoms with Crippen LogP contribution in [0.5, 0.6) is 0 Å². The molecule has 0 atom stereocenters. The number of thiophene rings is 1. The molecule has 0 saturated carbocycles. The van der Waals surface area contributed by atoms with Gasteiger partial charge in [-0.2, -0.15) is 0 Å². The maximum atomic E-state index is 12.4. The number of hydrogen-bond acceptors (Lipinski definition) is 5. The van der Waals surface area contributed by atoms with Crippen molar-refractivity contribution >= 4 is 39.7 Å². The Morgan fingerprint density at radius 2 is 2.00 bits per heavy atom. The molecule has 1 amide bonds. The summed E-state index contributed by atoms with van der Waals surface area (Å²) in [5.74, 6) is -0.208. The molecule has 0 fully saturated rings. The number of benzene rings is 1. The number of sulfonamides is 1. The van der Waals surface area contributed by atoms with E-state index in [1.165, 1.54) is 23.5 Å². The van der Waals surface area contributed by atoms with Crippen molar-refractivity contribution in [1.82, 2.24) is 14.9 Å². The summed E-state index contributed by atoms with van der Waals surface area (Å²) in [6.07, 6.45) is 0. The predicted molar refractivity (Wildman–Crippen MR) is 103 cm³/mol. The third-order valence-electron chi connectivity index (χ3n) is 3.45. The van der Waals surface area contributed by atoms with Crippen molar-refractivity contribution in [1.29, 1.82) is 0 Å². The standard InChI is InChI=1S/C16H21N3O3S2.ClH/c1-17-8-9-19(2)16(20)13-5-3-7-15(11-13)24(21,22)18-12-14-6-4-10-23-14;/h3-7,10-11,17-18H,8-9,12H2,1-2H3;1H. The van der Waals surface area contributed by atoms with Gasteiger partial charge in [0.1, 0.15) is 0 Å². The van der Waals surface area contributed by atoms with Gasteiger partial charge in [0.15, 0.2) is 0 Å². The fraction of sp³-hybridized carbons (Fsp3) is 0.312. The summed E-state index contributed by atoms with van der Waals surface area (Å²) in [6, 6.07) is 9.84. The Balaban J connectivity index is 0.00000312. The molecule has 9 heteroatoms. The number of rotatable bonds is 8. The zero-order valence-corrected chi connectivity index (χ0v) is 16.5. The molecule has 0 aliphatic rings. The van der Waals surface area contributed by atoms with Crippen molar-refractivity contribution in [3.8, 4) is 0 Å². The number of hydrogen-bond donors (Lipinski definition) is 2. The number of nitrogens with zero attached hydrogens (tertiary/aromatic N) is 1. The van der Waals surface area contributed by atoms with Gasteiger partial charge in [0.25, 0.3) is 5.91 Å². The summed E-state index contributed by atoms with van der Waals surface area (Å²) in [5, 5.41) is 4.86. The van der Waals surface area contributed by atoms with E-state index in [1.54, 1.807) is 24.1 Å². The van der Waals surface area contributed by atoms with Crippen LogP contribution in [-0.2, 0) is 16.6 Å². The van der Waals surface area contributed by atoms with E-state index in [0.29, 0.717) is 18.7 Å². The average Bonchev–Trinajstić information content (AvgIpc) is 3.11. The van der Waals surface area contributed by atoms with Gasteiger partial charge in [-0.3, -0.25) is 4.79 Å². The minimum Gasteiger partial charge on any atom is -0.340 e. The van der Waals surface area contributed by atoms with Crippen molar-refractivity contribution in [3.63, 3.8) is 0 Å². The van der Waals surface area contributed by atoms with E-state index in [-0.39, 0.29) is 29.8 Å². The van der Waals surface area contributed by atoms with Gasteiger partial charge in [-0.25, -0.2) is 13.1 Å². The lowest BCUT2D eigenvalue weighted by atomic mass is 10.2. The first-order valence-corrected chi connectivity index (χ1v) is 9.82. The fourth-order valence-electron chi connectivity index (χ4n) is 2.06. The van der Waals surface area contributed by atoms with Crippen LogP contribution in [0.1, 0.15) is 15.2 Å². The van der Waals surface area contributed by atoms with Crippen molar-refractivity contribution < 1.29 is 13.2 Å². The summed E-state index contributed by atoms with van der Waals surface area (Å²) in [4.78, 5) is 14.9. The minimum absolute atomic E-state index is 0. The molecule has 0 bridgehead atoms. The highest BCUT2D eigenvalue weighted by atomic mass is 35.5. The lowest BCUT2D eigenvalue weighted by molar-refractivity contribution is 0.0796. The predicted octanol–water partition coefficient (Wildman–Crippen LogP) is 1.94. The number of carbonyl (C=O) groups excluding carboxylic acids is 1. The van der Waals surface area contributed by atoms with Gasteiger partial charge >= 0.3 is 0 Å². The van der Waals surface area contributed by atoms with Crippen LogP contribution >= 0.6 is 23.7 Å². The molecule has 0 aliphatic heterocycles. The zero-order valence-electron chi connectivity index (χ0n) is 14.1. The second-order valence-corrected chi connectivity index (χ2v) is 8.06. The van der Waals surface area contributed by atoms with Gasteiger partial charge in [-0.15, -0.1) is 23.7 Å². The van der Waals surface area contributed by atoms with Crippen LogP contribution in [0.3, 0.4) is 0 Å². The number of amides is 1. The third kappa shape index (κ3) is 6.09. The Morgan fingerprint density at radius 3 is 2.64 bits per heavy atom. The maximum Gasteiger partial charge on any atom is 0.253 e. The number of nitrogens with one attached hydrogen (secondary N) is 2. The number of likely N-dealkylation sites (N-methyl/N-ethyl adjacent to an activating group) is 2. The van der Waals surface area contributed by atoms with E-state index in [0.717, 1.165) is 4.88 Å². The topological polar surface area (TPSA) is 78.5 Å². The maximum absolute atomic E-state index is 12.4. The van der Waals surface area contributed by atoms with Gasteiger partial charge in [0, 0.05) is 37.1 Å². The van der Waals surface area contributed by atoms with E-state index in [1.807, 2.05) is 24.6 Å². The molecular weight excluding hydrogens is 382 g/mol. The Bertz CT molecular complexity index is 780. The van der Waals surface area contributed by atoms with Crippen molar-refractivity contribution in [2.24, 2.45) is 0 Å². The van der Waals surface area contributed by atoms with E-state index in [4.69, 9.17) is 0 Å². The molecule has 0 spiro atoms. The summed E-state index contributed by atoms with van der Waals surface area (Å²) >= 11 is 1.48. The third-order valence-corrected chi connectivity index (χ3v) is 5.73. The van der Waals surface area contributed by atoms with Crippen LogP contribution in [0.15, 0.2) is 46.7 Å². The minimum atomic E-state index is -3.66. The lowest BCUT2D eigenvalue weighted by Gasteiger charge is -2.17. The quantitative estimate of drug-likeness (QED) is 0.706. The van der Waals surface area contributed by atoms with Crippen molar-refractivity contribution in [2.75, 3.05) is 27.2 Å². The van der Waals surface area contributed by atoms with Crippen LogP contribution in [0.2, 0.25) is 0 Å². The largest absolute Gasteiger partial charge is 0.340 e. The SMILES string of the molecule is CNCCN(C)C(=O)c1cccc(S(=O)(=O)NCc2cccs2)c1.Cl. The number of carbonyl (C=O) groups is 1. The van der Waals surface area contributed by atoms with Crippen molar-refractivity contribution in [2.45, 2.75) is 11.4 Å². The van der Waals surface area contributed by atoms with Crippen LogP contribution in [-0.4, -0.2) is 46.4 Å². The molecule has 138 valence electrons. The molecule has 2 N–H and O–H groups in total. The van der Waals surface area contributed by atoms with Gasteiger partial charge in [-0.1, -0.05) is 12.1 Å². The molecule has 0 aliphatic carbocycles. The first-order valence-electron chi connectivity index (χ1n) is 7.46. The number of halogens is 1.